The molecule has 0 aliphatic carbocycles. The second-order valence-electron chi connectivity index (χ2n) is 4.26. The molecule has 0 amide bonds. The highest BCUT2D eigenvalue weighted by molar-refractivity contribution is 6.32. The predicted octanol–water partition coefficient (Wildman–Crippen LogP) is 3.78. The molecule has 0 saturated carbocycles. The lowest BCUT2D eigenvalue weighted by molar-refractivity contribution is 0.0992. The zero-order valence-corrected chi connectivity index (χ0v) is 12.1. The van der Waals surface area contributed by atoms with Crippen molar-refractivity contribution in [2.45, 2.75) is 6.42 Å². The molecule has 3 nitrogen and oxygen atoms in total. The Balaban J connectivity index is 2.24. The number of benzene rings is 2. The van der Waals surface area contributed by atoms with Gasteiger partial charge in [-0.1, -0.05) is 29.8 Å². The van der Waals surface area contributed by atoms with Crippen LogP contribution in [0, 0.1) is 0 Å². The molecule has 0 saturated heterocycles. The van der Waals surface area contributed by atoms with Gasteiger partial charge in [-0.2, -0.15) is 0 Å². The first-order valence-corrected chi connectivity index (χ1v) is 6.52. The number of para-hydroxylation sites is 1. The number of rotatable bonds is 5. The molecule has 0 fully saturated rings. The Morgan fingerprint density at radius 3 is 2.45 bits per heavy atom. The number of halogens is 1. The molecule has 0 spiro atoms. The van der Waals surface area contributed by atoms with Crippen LogP contribution in [-0.2, 0) is 6.42 Å². The van der Waals surface area contributed by atoms with E-state index in [1.807, 2.05) is 24.3 Å². The highest BCUT2D eigenvalue weighted by Crippen LogP contribution is 2.26. The van der Waals surface area contributed by atoms with Gasteiger partial charge >= 0.3 is 0 Å². The van der Waals surface area contributed by atoms with Gasteiger partial charge in [-0.3, -0.25) is 4.79 Å². The van der Waals surface area contributed by atoms with Crippen molar-refractivity contribution in [2.24, 2.45) is 0 Å². The maximum atomic E-state index is 12.3. The summed E-state index contributed by atoms with van der Waals surface area (Å²) in [6.45, 7) is 0. The maximum absolute atomic E-state index is 12.3. The summed E-state index contributed by atoms with van der Waals surface area (Å²) in [5.41, 5.74) is 1.42. The molecule has 0 aliphatic rings. The summed E-state index contributed by atoms with van der Waals surface area (Å²) in [6, 6.07) is 12.5. The molecule has 0 heterocycles. The molecule has 0 N–H and O–H groups in total. The predicted molar refractivity (Wildman–Crippen MR) is 79.0 cm³/mol. The second kappa shape index (κ2) is 6.44. The Morgan fingerprint density at radius 2 is 1.75 bits per heavy atom. The quantitative estimate of drug-likeness (QED) is 0.786. The third-order valence-electron chi connectivity index (χ3n) is 3.02. The van der Waals surface area contributed by atoms with Crippen molar-refractivity contribution in [2.75, 3.05) is 14.2 Å². The van der Waals surface area contributed by atoms with E-state index >= 15 is 0 Å². The summed E-state index contributed by atoms with van der Waals surface area (Å²) in [7, 11) is 3.12. The molecule has 0 unspecified atom stereocenters. The highest BCUT2D eigenvalue weighted by Gasteiger charge is 2.12. The van der Waals surface area contributed by atoms with Gasteiger partial charge in [0.25, 0.3) is 0 Å². The molecular weight excluding hydrogens is 276 g/mol. The Kier molecular flexibility index (Phi) is 4.64. The Hall–Kier alpha value is -2.00. The normalized spacial score (nSPS) is 10.2. The van der Waals surface area contributed by atoms with Gasteiger partial charge in [-0.15, -0.1) is 0 Å². The number of hydrogen-bond donors (Lipinski definition) is 0. The molecule has 2 rings (SSSR count). The Bertz CT molecular complexity index is 623. The monoisotopic (exact) mass is 290 g/mol. The van der Waals surface area contributed by atoms with Gasteiger partial charge in [0.15, 0.2) is 5.78 Å². The molecule has 2 aromatic rings. The third kappa shape index (κ3) is 3.11. The first kappa shape index (κ1) is 14.4. The van der Waals surface area contributed by atoms with Crippen LogP contribution in [0.15, 0.2) is 42.5 Å². The summed E-state index contributed by atoms with van der Waals surface area (Å²) in [4.78, 5) is 12.3. The lowest BCUT2D eigenvalue weighted by atomic mass is 10.0. The van der Waals surface area contributed by atoms with Crippen LogP contribution < -0.4 is 9.47 Å². The van der Waals surface area contributed by atoms with E-state index in [1.165, 1.54) is 7.11 Å². The molecule has 4 heteroatoms. The van der Waals surface area contributed by atoms with Gasteiger partial charge < -0.3 is 9.47 Å². The fourth-order valence-corrected chi connectivity index (χ4v) is 2.15. The number of hydrogen-bond acceptors (Lipinski definition) is 3. The molecule has 2 aromatic carbocycles. The van der Waals surface area contributed by atoms with Crippen LogP contribution in [-0.4, -0.2) is 20.0 Å². The van der Waals surface area contributed by atoms with Crippen molar-refractivity contribution >= 4 is 17.4 Å². The SMILES string of the molecule is COc1cc(C(=O)Cc2ccccc2OC)ccc1Cl. The average molecular weight is 291 g/mol. The molecule has 20 heavy (non-hydrogen) atoms. The van der Waals surface area contributed by atoms with Crippen LogP contribution in [0.5, 0.6) is 11.5 Å². The first-order chi connectivity index (χ1) is 9.65. The molecular formula is C16H15ClO3. The van der Waals surface area contributed by atoms with Gasteiger partial charge in [0.2, 0.25) is 0 Å². The van der Waals surface area contributed by atoms with Gasteiger partial charge in [-0.05, 0) is 24.3 Å². The second-order valence-corrected chi connectivity index (χ2v) is 4.67. The lowest BCUT2D eigenvalue weighted by Crippen LogP contribution is -2.05. The van der Waals surface area contributed by atoms with E-state index in [4.69, 9.17) is 21.1 Å². The van der Waals surface area contributed by atoms with Gasteiger partial charge in [0.05, 0.1) is 19.2 Å². The van der Waals surface area contributed by atoms with Crippen LogP contribution >= 0.6 is 11.6 Å². The molecule has 0 aromatic heterocycles. The minimum Gasteiger partial charge on any atom is -0.496 e. The highest BCUT2D eigenvalue weighted by atomic mass is 35.5. The van der Waals surface area contributed by atoms with Crippen LogP contribution in [0.4, 0.5) is 0 Å². The van der Waals surface area contributed by atoms with Crippen LogP contribution in [0.3, 0.4) is 0 Å². The van der Waals surface area contributed by atoms with Gasteiger partial charge in [0, 0.05) is 17.5 Å². The van der Waals surface area contributed by atoms with E-state index in [9.17, 15) is 4.79 Å². The van der Waals surface area contributed by atoms with Crippen LogP contribution in [0.1, 0.15) is 15.9 Å². The van der Waals surface area contributed by atoms with Crippen molar-refractivity contribution in [3.63, 3.8) is 0 Å². The summed E-state index contributed by atoms with van der Waals surface area (Å²) in [6.07, 6.45) is 0.273. The third-order valence-corrected chi connectivity index (χ3v) is 3.33. The van der Waals surface area contributed by atoms with Gasteiger partial charge in [0.1, 0.15) is 11.5 Å². The van der Waals surface area contributed by atoms with E-state index in [0.29, 0.717) is 22.1 Å². The number of carbonyl (C=O) groups is 1. The molecule has 104 valence electrons. The summed E-state index contributed by atoms with van der Waals surface area (Å²) in [5, 5.41) is 0.487. The number of carbonyl (C=O) groups excluding carboxylic acids is 1. The standard InChI is InChI=1S/C16H15ClO3/c1-19-15-6-4-3-5-12(15)9-14(18)11-7-8-13(17)16(10-11)20-2/h3-8,10H,9H2,1-2H3. The van der Waals surface area contributed by atoms with E-state index in [-0.39, 0.29) is 12.2 Å². The smallest absolute Gasteiger partial charge is 0.167 e. The summed E-state index contributed by atoms with van der Waals surface area (Å²) >= 11 is 5.95. The largest absolute Gasteiger partial charge is 0.496 e. The Morgan fingerprint density at radius 1 is 1.05 bits per heavy atom. The topological polar surface area (TPSA) is 35.5 Å². The van der Waals surface area contributed by atoms with Crippen LogP contribution in [0.25, 0.3) is 0 Å². The number of methoxy groups -OCH3 is 2. The van der Waals surface area contributed by atoms with E-state index < -0.39 is 0 Å². The fourth-order valence-electron chi connectivity index (χ4n) is 1.96. The van der Waals surface area contributed by atoms with E-state index in [0.717, 1.165) is 5.56 Å². The summed E-state index contributed by atoms with van der Waals surface area (Å²) < 4.78 is 10.4. The van der Waals surface area contributed by atoms with E-state index in [2.05, 4.69) is 0 Å². The average Bonchev–Trinajstić information content (AvgIpc) is 2.48. The number of Topliss-reactive ketones (excluding diaryl/α,β-unsaturated/α-hetero) is 1. The van der Waals surface area contributed by atoms with Crippen molar-refractivity contribution in [3.8, 4) is 11.5 Å². The molecule has 0 bridgehead atoms. The molecule has 0 radical (unpaired) electrons. The zero-order chi connectivity index (χ0) is 14.5. The van der Waals surface area contributed by atoms with Crippen LogP contribution in [0.2, 0.25) is 5.02 Å². The first-order valence-electron chi connectivity index (χ1n) is 6.14. The fraction of sp³-hybridized carbons (Fsp3) is 0.188. The zero-order valence-electron chi connectivity index (χ0n) is 11.4. The number of ether oxygens (including phenoxy) is 2. The summed E-state index contributed by atoms with van der Waals surface area (Å²) in [5.74, 6) is 1.20. The molecule has 0 atom stereocenters. The number of ketones is 1. The van der Waals surface area contributed by atoms with Crippen molar-refractivity contribution < 1.29 is 14.3 Å². The maximum Gasteiger partial charge on any atom is 0.167 e. The van der Waals surface area contributed by atoms with Crippen molar-refractivity contribution in [3.05, 3.63) is 58.6 Å². The minimum atomic E-state index is -0.00975. The lowest BCUT2D eigenvalue weighted by Gasteiger charge is -2.09. The van der Waals surface area contributed by atoms with Crippen molar-refractivity contribution in [1.82, 2.24) is 0 Å². The van der Waals surface area contributed by atoms with E-state index in [1.54, 1.807) is 25.3 Å². The Labute approximate surface area is 123 Å². The van der Waals surface area contributed by atoms with Gasteiger partial charge in [-0.25, -0.2) is 0 Å². The minimum absolute atomic E-state index is 0.00975. The van der Waals surface area contributed by atoms with Crippen molar-refractivity contribution in [1.29, 1.82) is 0 Å². The molecule has 0 aliphatic heterocycles.